The minimum Gasteiger partial charge on any atom is -0.444 e. The Labute approximate surface area is 221 Å². The lowest BCUT2D eigenvalue weighted by Crippen LogP contribution is -2.55. The second-order valence-electron chi connectivity index (χ2n) is 10.9. The summed E-state index contributed by atoms with van der Waals surface area (Å²) in [5.41, 5.74) is 7.18. The van der Waals surface area contributed by atoms with Crippen molar-refractivity contribution in [2.45, 2.75) is 111 Å². The van der Waals surface area contributed by atoms with E-state index in [2.05, 4.69) is 17.6 Å². The van der Waals surface area contributed by atoms with Crippen molar-refractivity contribution in [3.8, 4) is 0 Å². The number of nitrogens with two attached hydrogens (primary N) is 1. The van der Waals surface area contributed by atoms with Gasteiger partial charge in [-0.25, -0.2) is 4.79 Å². The summed E-state index contributed by atoms with van der Waals surface area (Å²) in [6.45, 7) is 15.2. The minimum atomic E-state index is -1.11. The van der Waals surface area contributed by atoms with E-state index in [1.165, 1.54) is 4.90 Å². The van der Waals surface area contributed by atoms with Gasteiger partial charge in [0.25, 0.3) is 0 Å². The van der Waals surface area contributed by atoms with Crippen molar-refractivity contribution in [3.05, 3.63) is 34.9 Å². The van der Waals surface area contributed by atoms with Gasteiger partial charge in [-0.05, 0) is 66.9 Å². The molecule has 208 valence electrons. The van der Waals surface area contributed by atoms with E-state index in [0.29, 0.717) is 12.1 Å². The fraction of sp³-hybridized carbons (Fsp3) is 0.643. The Kier molecular flexibility index (Phi) is 12.6. The second kappa shape index (κ2) is 14.6. The molecule has 1 aromatic carbocycles. The fourth-order valence-corrected chi connectivity index (χ4v) is 4.14. The molecular formula is C28H46N4O5. The van der Waals surface area contributed by atoms with Gasteiger partial charge < -0.3 is 26.0 Å². The van der Waals surface area contributed by atoms with Crippen molar-refractivity contribution in [2.75, 3.05) is 6.54 Å². The molecule has 1 rings (SSSR count). The molecule has 9 nitrogen and oxygen atoms in total. The van der Waals surface area contributed by atoms with E-state index < -0.39 is 41.6 Å². The molecule has 1 aromatic rings. The Morgan fingerprint density at radius 1 is 1.03 bits per heavy atom. The normalized spacial score (nSPS) is 13.0. The van der Waals surface area contributed by atoms with E-state index in [-0.39, 0.29) is 18.7 Å². The lowest BCUT2D eigenvalue weighted by Gasteiger charge is -2.37. The highest BCUT2D eigenvalue weighted by Crippen LogP contribution is 2.27. The molecule has 9 heteroatoms. The molecule has 0 fully saturated rings. The molecular weight excluding hydrogens is 472 g/mol. The molecule has 0 bridgehead atoms. The number of alkyl carbamates (subject to hydrolysis) is 1. The van der Waals surface area contributed by atoms with Crippen molar-refractivity contribution in [1.82, 2.24) is 15.5 Å². The topological polar surface area (TPSA) is 131 Å². The molecule has 0 saturated heterocycles. The van der Waals surface area contributed by atoms with Gasteiger partial charge in [-0.2, -0.15) is 0 Å². The Balaban J connectivity index is 3.46. The van der Waals surface area contributed by atoms with Crippen LogP contribution in [0.15, 0.2) is 18.2 Å². The first-order valence-corrected chi connectivity index (χ1v) is 13.1. The van der Waals surface area contributed by atoms with Crippen LogP contribution in [0.4, 0.5) is 4.79 Å². The van der Waals surface area contributed by atoms with Crippen molar-refractivity contribution in [3.63, 3.8) is 0 Å². The van der Waals surface area contributed by atoms with E-state index in [1.807, 2.05) is 45.9 Å². The van der Waals surface area contributed by atoms with Crippen LogP contribution in [0.1, 0.15) is 96.4 Å². The highest BCUT2D eigenvalue weighted by Gasteiger charge is 2.38. The average Bonchev–Trinajstić information content (AvgIpc) is 2.74. The summed E-state index contributed by atoms with van der Waals surface area (Å²) in [7, 11) is 0. The summed E-state index contributed by atoms with van der Waals surface area (Å²) in [6.07, 6.45) is 1.91. The van der Waals surface area contributed by atoms with Crippen LogP contribution in [0.2, 0.25) is 0 Å². The van der Waals surface area contributed by atoms with E-state index in [9.17, 15) is 19.2 Å². The summed E-state index contributed by atoms with van der Waals surface area (Å²) in [6, 6.07) is 3.37. The third-order valence-corrected chi connectivity index (χ3v) is 5.65. The Hall–Kier alpha value is -3.10. The van der Waals surface area contributed by atoms with E-state index in [1.54, 1.807) is 20.8 Å². The maximum atomic E-state index is 14.0. The van der Waals surface area contributed by atoms with Crippen LogP contribution >= 0.6 is 0 Å². The number of nitrogens with one attached hydrogen (secondary N) is 2. The molecule has 0 radical (unpaired) electrons. The number of carbonyl (C=O) groups excluding carboxylic acids is 4. The van der Waals surface area contributed by atoms with E-state index in [4.69, 9.17) is 10.5 Å². The molecule has 0 aliphatic rings. The summed E-state index contributed by atoms with van der Waals surface area (Å²) >= 11 is 0. The maximum Gasteiger partial charge on any atom is 0.408 e. The van der Waals surface area contributed by atoms with E-state index >= 15 is 0 Å². The zero-order chi connectivity index (χ0) is 28.3. The first kappa shape index (κ1) is 31.9. The van der Waals surface area contributed by atoms with Crippen LogP contribution in [0.3, 0.4) is 0 Å². The smallest absolute Gasteiger partial charge is 0.408 e. The van der Waals surface area contributed by atoms with Crippen molar-refractivity contribution in [1.29, 1.82) is 0 Å². The van der Waals surface area contributed by atoms with E-state index in [0.717, 1.165) is 30.4 Å². The van der Waals surface area contributed by atoms with Crippen LogP contribution in [-0.4, -0.2) is 52.9 Å². The molecule has 2 unspecified atom stereocenters. The van der Waals surface area contributed by atoms with Crippen LogP contribution in [0.25, 0.3) is 0 Å². The lowest BCUT2D eigenvalue weighted by atomic mass is 9.96. The molecule has 0 aromatic heterocycles. The minimum absolute atomic E-state index is 0.0195. The molecule has 4 N–H and O–H groups in total. The Morgan fingerprint density at radius 3 is 2.11 bits per heavy atom. The SMILES string of the molecule is CCCCCNC(=O)C(c1cc(C)cc(C)c1)N(C(=O)C(CCC(N)=O)NC(=O)OC(C)(C)C)C(C)C. The predicted molar refractivity (Wildman–Crippen MR) is 145 cm³/mol. The number of amides is 4. The number of primary amides is 1. The number of rotatable bonds is 13. The molecule has 4 amide bonds. The standard InChI is InChI=1S/C28H46N4O5/c1-9-10-11-14-30-25(34)24(21-16-19(4)15-20(5)17-21)32(18(2)3)26(35)22(12-13-23(29)33)31-27(36)37-28(6,7)8/h15-18,22,24H,9-14H2,1-8H3,(H2,29,33)(H,30,34)(H,31,36). The van der Waals surface area contributed by atoms with Gasteiger partial charge in [0.1, 0.15) is 17.7 Å². The van der Waals surface area contributed by atoms with Gasteiger partial charge in [0.2, 0.25) is 17.7 Å². The van der Waals surface area contributed by atoms with Crippen molar-refractivity contribution >= 4 is 23.8 Å². The lowest BCUT2D eigenvalue weighted by molar-refractivity contribution is -0.144. The number of nitrogens with zero attached hydrogens (tertiary/aromatic N) is 1. The van der Waals surface area contributed by atoms with Crippen LogP contribution in [0.5, 0.6) is 0 Å². The van der Waals surface area contributed by atoms with Gasteiger partial charge in [0.05, 0.1) is 0 Å². The predicted octanol–water partition coefficient (Wildman–Crippen LogP) is 4.05. The van der Waals surface area contributed by atoms with Crippen LogP contribution in [-0.2, 0) is 19.1 Å². The molecule has 0 aliphatic heterocycles. The highest BCUT2D eigenvalue weighted by atomic mass is 16.6. The number of aryl methyl sites for hydroxylation is 2. The maximum absolute atomic E-state index is 14.0. The van der Waals surface area contributed by atoms with Crippen molar-refractivity contribution in [2.24, 2.45) is 5.73 Å². The highest BCUT2D eigenvalue weighted by molar-refractivity contribution is 5.92. The van der Waals surface area contributed by atoms with Crippen LogP contribution < -0.4 is 16.4 Å². The average molecular weight is 519 g/mol. The number of hydrogen-bond donors (Lipinski definition) is 3. The monoisotopic (exact) mass is 518 g/mol. The van der Waals surface area contributed by atoms with Gasteiger partial charge in [0.15, 0.2) is 0 Å². The molecule has 0 saturated carbocycles. The fourth-order valence-electron chi connectivity index (χ4n) is 4.14. The second-order valence-corrected chi connectivity index (χ2v) is 10.9. The summed E-state index contributed by atoms with van der Waals surface area (Å²) < 4.78 is 5.35. The third-order valence-electron chi connectivity index (χ3n) is 5.65. The summed E-state index contributed by atoms with van der Waals surface area (Å²) in [5, 5.41) is 5.59. The first-order valence-electron chi connectivity index (χ1n) is 13.1. The molecule has 0 heterocycles. The number of ether oxygens (including phenoxy) is 1. The molecule has 37 heavy (non-hydrogen) atoms. The van der Waals surface area contributed by atoms with Crippen LogP contribution in [0, 0.1) is 13.8 Å². The Morgan fingerprint density at radius 2 is 1.62 bits per heavy atom. The van der Waals surface area contributed by atoms with Gasteiger partial charge in [-0.3, -0.25) is 14.4 Å². The largest absolute Gasteiger partial charge is 0.444 e. The zero-order valence-corrected chi connectivity index (χ0v) is 23.8. The molecule has 0 spiro atoms. The van der Waals surface area contributed by atoms with Gasteiger partial charge in [0, 0.05) is 19.0 Å². The summed E-state index contributed by atoms with van der Waals surface area (Å²) in [4.78, 5) is 53.2. The zero-order valence-electron chi connectivity index (χ0n) is 23.8. The quantitative estimate of drug-likeness (QED) is 0.339. The first-order chi connectivity index (χ1) is 17.2. The summed E-state index contributed by atoms with van der Waals surface area (Å²) in [5.74, 6) is -1.39. The number of hydrogen-bond acceptors (Lipinski definition) is 5. The number of unbranched alkanes of at least 4 members (excludes halogenated alkanes) is 2. The molecule has 0 aliphatic carbocycles. The molecule has 2 atom stereocenters. The number of benzene rings is 1. The van der Waals surface area contributed by atoms with Crippen molar-refractivity contribution < 1.29 is 23.9 Å². The van der Waals surface area contributed by atoms with Gasteiger partial charge >= 0.3 is 6.09 Å². The van der Waals surface area contributed by atoms with Gasteiger partial charge in [-0.15, -0.1) is 0 Å². The number of carbonyl (C=O) groups is 4. The van der Waals surface area contributed by atoms with Gasteiger partial charge in [-0.1, -0.05) is 49.1 Å². The Bertz CT molecular complexity index is 919. The third kappa shape index (κ3) is 11.2.